The fraction of sp³-hybridized carbons (Fsp3) is 0.500. The summed E-state index contributed by atoms with van der Waals surface area (Å²) in [5.74, 6) is 0.881. The molecule has 28 heavy (non-hydrogen) atoms. The molecule has 0 spiro atoms. The van der Waals surface area contributed by atoms with Crippen molar-refractivity contribution in [1.29, 1.82) is 0 Å². The molecule has 1 saturated heterocycles. The molecule has 2 aromatic rings. The number of para-hydroxylation sites is 1. The Labute approximate surface area is 169 Å². The van der Waals surface area contributed by atoms with Gasteiger partial charge in [-0.15, -0.1) is 0 Å². The fourth-order valence-corrected chi connectivity index (χ4v) is 3.72. The number of hydrogen-bond donors (Lipinski definition) is 1. The van der Waals surface area contributed by atoms with Crippen molar-refractivity contribution < 1.29 is 9.84 Å². The molecule has 0 unspecified atom stereocenters. The highest BCUT2D eigenvalue weighted by Gasteiger charge is 2.22. The first-order valence-electron chi connectivity index (χ1n) is 10.3. The molecule has 1 fully saturated rings. The Morgan fingerprint density at radius 1 is 1.00 bits per heavy atom. The van der Waals surface area contributed by atoms with Gasteiger partial charge in [0.1, 0.15) is 18.5 Å². The van der Waals surface area contributed by atoms with Gasteiger partial charge in [-0.1, -0.05) is 56.7 Å². The van der Waals surface area contributed by atoms with Gasteiger partial charge in [-0.25, -0.2) is 0 Å². The van der Waals surface area contributed by atoms with Gasteiger partial charge in [0.15, 0.2) is 0 Å². The summed E-state index contributed by atoms with van der Waals surface area (Å²) in [6.07, 6.45) is -0.489. The van der Waals surface area contributed by atoms with Gasteiger partial charge in [-0.2, -0.15) is 0 Å². The number of ether oxygens (including phenoxy) is 1. The topological polar surface area (TPSA) is 35.9 Å². The highest BCUT2D eigenvalue weighted by molar-refractivity contribution is 5.46. The third kappa shape index (κ3) is 5.49. The molecular formula is C24H34N2O2. The van der Waals surface area contributed by atoms with Crippen LogP contribution in [0.1, 0.15) is 31.9 Å². The molecule has 1 atom stereocenters. The first kappa shape index (κ1) is 20.7. The third-order valence-corrected chi connectivity index (χ3v) is 5.34. The van der Waals surface area contributed by atoms with E-state index < -0.39 is 6.10 Å². The number of β-amino-alcohol motifs (C(OH)–C–C–N with tert-alkyl or cyclic N) is 1. The van der Waals surface area contributed by atoms with Crippen LogP contribution < -0.4 is 9.64 Å². The van der Waals surface area contributed by atoms with Crippen LogP contribution >= 0.6 is 0 Å². The molecule has 1 aliphatic rings. The molecule has 0 radical (unpaired) electrons. The van der Waals surface area contributed by atoms with Crippen LogP contribution in [0.3, 0.4) is 0 Å². The first-order valence-corrected chi connectivity index (χ1v) is 10.3. The maximum absolute atomic E-state index is 10.5. The number of nitrogens with zero attached hydrogens (tertiary/aromatic N) is 2. The maximum Gasteiger partial charge on any atom is 0.123 e. The maximum atomic E-state index is 10.5. The Morgan fingerprint density at radius 3 is 2.32 bits per heavy atom. The number of benzene rings is 2. The van der Waals surface area contributed by atoms with Crippen molar-refractivity contribution in [2.75, 3.05) is 44.2 Å². The summed E-state index contributed by atoms with van der Waals surface area (Å²) in [5, 5.41) is 10.5. The predicted octanol–water partition coefficient (Wildman–Crippen LogP) is 3.85. The van der Waals surface area contributed by atoms with E-state index in [0.717, 1.165) is 31.9 Å². The predicted molar refractivity (Wildman–Crippen MR) is 116 cm³/mol. The number of hydrogen-bond acceptors (Lipinski definition) is 4. The van der Waals surface area contributed by atoms with Crippen LogP contribution in [0, 0.1) is 6.92 Å². The Hall–Kier alpha value is -2.04. The molecule has 0 saturated carbocycles. The van der Waals surface area contributed by atoms with Gasteiger partial charge < -0.3 is 14.7 Å². The van der Waals surface area contributed by atoms with Crippen molar-refractivity contribution in [3.05, 3.63) is 59.7 Å². The molecular weight excluding hydrogens is 348 g/mol. The average molecular weight is 383 g/mol. The lowest BCUT2D eigenvalue weighted by molar-refractivity contribution is 0.0656. The minimum absolute atomic E-state index is 0.0140. The van der Waals surface area contributed by atoms with Gasteiger partial charge >= 0.3 is 0 Å². The number of piperazine rings is 1. The summed E-state index contributed by atoms with van der Waals surface area (Å²) in [5.41, 5.74) is 3.71. The van der Waals surface area contributed by atoms with E-state index in [2.05, 4.69) is 80.0 Å². The zero-order valence-electron chi connectivity index (χ0n) is 17.7. The van der Waals surface area contributed by atoms with Crippen molar-refractivity contribution in [3.8, 4) is 5.75 Å². The lowest BCUT2D eigenvalue weighted by Crippen LogP contribution is -2.49. The molecule has 4 nitrogen and oxygen atoms in total. The Morgan fingerprint density at radius 2 is 1.68 bits per heavy atom. The van der Waals surface area contributed by atoms with Gasteiger partial charge in [0, 0.05) is 38.4 Å². The Kier molecular flexibility index (Phi) is 6.63. The quantitative estimate of drug-likeness (QED) is 0.823. The molecule has 1 heterocycles. The SMILES string of the molecule is Cc1ccc(OC[C@H](O)CN2CCN(c3ccccc3)CC2)c(C(C)(C)C)c1. The number of aliphatic hydroxyl groups excluding tert-OH is 1. The zero-order valence-corrected chi connectivity index (χ0v) is 17.7. The van der Waals surface area contributed by atoms with E-state index in [4.69, 9.17) is 4.74 Å². The highest BCUT2D eigenvalue weighted by atomic mass is 16.5. The van der Waals surface area contributed by atoms with E-state index in [1.165, 1.54) is 16.8 Å². The molecule has 2 aromatic carbocycles. The van der Waals surface area contributed by atoms with Crippen molar-refractivity contribution in [1.82, 2.24) is 4.90 Å². The van der Waals surface area contributed by atoms with E-state index in [9.17, 15) is 5.11 Å². The molecule has 0 bridgehead atoms. The zero-order chi connectivity index (χ0) is 20.1. The largest absolute Gasteiger partial charge is 0.491 e. The fourth-order valence-electron chi connectivity index (χ4n) is 3.72. The van der Waals surface area contributed by atoms with Gasteiger partial charge in [0.25, 0.3) is 0 Å². The van der Waals surface area contributed by atoms with Gasteiger partial charge in [-0.3, -0.25) is 4.90 Å². The van der Waals surface area contributed by atoms with Crippen LogP contribution in [-0.2, 0) is 5.41 Å². The smallest absolute Gasteiger partial charge is 0.123 e. The summed E-state index contributed by atoms with van der Waals surface area (Å²) < 4.78 is 6.03. The van der Waals surface area contributed by atoms with Crippen molar-refractivity contribution >= 4 is 5.69 Å². The van der Waals surface area contributed by atoms with Crippen molar-refractivity contribution in [2.45, 2.75) is 39.2 Å². The highest BCUT2D eigenvalue weighted by Crippen LogP contribution is 2.32. The number of rotatable bonds is 6. The second-order valence-electron chi connectivity index (χ2n) is 8.84. The van der Waals surface area contributed by atoms with Crippen LogP contribution in [0.2, 0.25) is 0 Å². The summed E-state index contributed by atoms with van der Waals surface area (Å²) in [7, 11) is 0. The normalized spacial score (nSPS) is 16.8. The second-order valence-corrected chi connectivity index (χ2v) is 8.84. The second kappa shape index (κ2) is 8.97. The average Bonchev–Trinajstić information content (AvgIpc) is 2.67. The molecule has 1 N–H and O–H groups in total. The van der Waals surface area contributed by atoms with Crippen molar-refractivity contribution in [2.24, 2.45) is 0 Å². The molecule has 1 aliphatic heterocycles. The van der Waals surface area contributed by atoms with E-state index in [1.54, 1.807) is 0 Å². The molecule has 152 valence electrons. The van der Waals surface area contributed by atoms with Gasteiger partial charge in [0.05, 0.1) is 0 Å². The van der Waals surface area contributed by atoms with Gasteiger partial charge in [-0.05, 0) is 36.1 Å². The Balaban J connectivity index is 1.49. The Bertz CT molecular complexity index is 747. The number of anilines is 1. The lowest BCUT2D eigenvalue weighted by Gasteiger charge is -2.36. The van der Waals surface area contributed by atoms with Crippen molar-refractivity contribution in [3.63, 3.8) is 0 Å². The number of aryl methyl sites for hydroxylation is 1. The van der Waals surface area contributed by atoms with Crippen LogP contribution in [0.5, 0.6) is 5.75 Å². The summed E-state index contributed by atoms with van der Waals surface area (Å²) in [6.45, 7) is 13.6. The monoisotopic (exact) mass is 382 g/mol. The minimum atomic E-state index is -0.489. The van der Waals surface area contributed by atoms with Gasteiger partial charge in [0.2, 0.25) is 0 Å². The van der Waals surface area contributed by atoms with Crippen LogP contribution in [0.4, 0.5) is 5.69 Å². The van der Waals surface area contributed by atoms with E-state index >= 15 is 0 Å². The molecule has 0 aliphatic carbocycles. The molecule has 0 amide bonds. The number of aliphatic hydroxyl groups is 1. The summed E-state index contributed by atoms with van der Waals surface area (Å²) in [4.78, 5) is 4.73. The van der Waals surface area contributed by atoms with E-state index in [0.29, 0.717) is 13.2 Å². The van der Waals surface area contributed by atoms with Crippen LogP contribution in [0.15, 0.2) is 48.5 Å². The molecule has 0 aromatic heterocycles. The lowest BCUT2D eigenvalue weighted by atomic mass is 9.85. The first-order chi connectivity index (χ1) is 13.3. The van der Waals surface area contributed by atoms with E-state index in [-0.39, 0.29) is 5.41 Å². The van der Waals surface area contributed by atoms with E-state index in [1.807, 2.05) is 6.07 Å². The minimum Gasteiger partial charge on any atom is -0.491 e. The molecule has 4 heteroatoms. The van der Waals surface area contributed by atoms with Crippen LogP contribution in [-0.4, -0.2) is 55.4 Å². The summed E-state index contributed by atoms with van der Waals surface area (Å²) >= 11 is 0. The van der Waals surface area contributed by atoms with Crippen LogP contribution in [0.25, 0.3) is 0 Å². The molecule has 3 rings (SSSR count). The third-order valence-electron chi connectivity index (χ3n) is 5.34. The summed E-state index contributed by atoms with van der Waals surface area (Å²) in [6, 6.07) is 16.8. The standard InChI is InChI=1S/C24H34N2O2/c1-19-10-11-23(22(16-19)24(2,3)4)28-18-21(27)17-25-12-14-26(15-13-25)20-8-6-5-7-9-20/h5-11,16,21,27H,12-15,17-18H2,1-4H3/t21-/m1/s1.